The second kappa shape index (κ2) is 16.7. The average molecular weight is 531 g/mol. The highest BCUT2D eigenvalue weighted by Gasteiger charge is 2.29. The van der Waals surface area contributed by atoms with Crippen LogP contribution in [0.3, 0.4) is 0 Å². The largest absolute Gasteiger partial charge is 0.480 e. The Morgan fingerprint density at radius 2 is 1.41 bits per heavy atom. The van der Waals surface area contributed by atoms with Crippen molar-refractivity contribution in [3.63, 3.8) is 0 Å². The van der Waals surface area contributed by atoms with E-state index in [-0.39, 0.29) is 18.6 Å². The molecule has 3 amide bonds. The first-order chi connectivity index (χ1) is 16.2. The smallest absolute Gasteiger partial charge is 0.326 e. The minimum absolute atomic E-state index is 0.00937. The zero-order valence-corrected chi connectivity index (χ0v) is 21.9. The van der Waals surface area contributed by atoms with Gasteiger partial charge in [0, 0.05) is 12.2 Å². The predicted molar refractivity (Wildman–Crippen MR) is 141 cm³/mol. The van der Waals surface area contributed by atoms with Crippen molar-refractivity contribution in [3.8, 4) is 0 Å². The van der Waals surface area contributed by atoms with Gasteiger partial charge in [0.05, 0.1) is 6.04 Å². The van der Waals surface area contributed by atoms with Crippen molar-refractivity contribution < 1.29 is 24.3 Å². The van der Waals surface area contributed by atoms with Crippen LogP contribution < -0.4 is 21.7 Å². The monoisotopic (exact) mass is 530 g/mol. The van der Waals surface area contributed by atoms with Gasteiger partial charge in [0.2, 0.25) is 17.7 Å². The molecule has 0 aliphatic rings. The van der Waals surface area contributed by atoms with E-state index >= 15 is 0 Å². The molecule has 0 spiro atoms. The standard InChI is InChI=1S/C22H34N4O5S3/c1-33-10-8-15(23)19(27)26-18(13-32)21(29)24-16(9-11-34-2)20(28)25-17(22(30)31)12-14-6-4-3-5-7-14/h3-7,15-18,32H,8-13,23H2,1-2H3,(H,24,29)(H,25,28)(H,26,27)(H,30,31). The fourth-order valence-corrected chi connectivity index (χ4v) is 4.17. The van der Waals surface area contributed by atoms with Crippen molar-refractivity contribution in [2.75, 3.05) is 29.8 Å². The highest BCUT2D eigenvalue weighted by atomic mass is 32.2. The molecule has 0 aliphatic heterocycles. The SMILES string of the molecule is CSCCC(N)C(=O)NC(CS)C(=O)NC(CCSC)C(=O)NC(Cc1ccccc1)C(=O)O. The van der Waals surface area contributed by atoms with Gasteiger partial charge < -0.3 is 26.8 Å². The Balaban J connectivity index is 2.84. The van der Waals surface area contributed by atoms with Crippen LogP contribution in [0.25, 0.3) is 0 Å². The molecule has 9 nitrogen and oxygen atoms in total. The first kappa shape index (κ1) is 30.1. The Morgan fingerprint density at radius 3 is 1.97 bits per heavy atom. The number of benzene rings is 1. The molecule has 0 aliphatic carbocycles. The highest BCUT2D eigenvalue weighted by Crippen LogP contribution is 2.07. The van der Waals surface area contributed by atoms with Crippen molar-refractivity contribution >= 4 is 59.8 Å². The summed E-state index contributed by atoms with van der Waals surface area (Å²) in [5.41, 5.74) is 6.62. The normalized spacial score (nSPS) is 14.4. The van der Waals surface area contributed by atoms with Crippen LogP contribution in [0.15, 0.2) is 30.3 Å². The summed E-state index contributed by atoms with van der Waals surface area (Å²) in [6.45, 7) is 0. The lowest BCUT2D eigenvalue weighted by atomic mass is 10.1. The van der Waals surface area contributed by atoms with Gasteiger partial charge in [-0.15, -0.1) is 0 Å². The lowest BCUT2D eigenvalue weighted by Gasteiger charge is -2.24. The molecule has 0 aromatic heterocycles. The predicted octanol–water partition coefficient (Wildman–Crippen LogP) is 0.531. The number of carboxylic acids is 1. The van der Waals surface area contributed by atoms with Gasteiger partial charge in [-0.05, 0) is 42.4 Å². The van der Waals surface area contributed by atoms with E-state index in [1.807, 2.05) is 18.6 Å². The number of thioether (sulfide) groups is 2. The maximum absolute atomic E-state index is 12.9. The molecule has 6 N–H and O–H groups in total. The molecule has 1 aromatic carbocycles. The quantitative estimate of drug-likeness (QED) is 0.169. The summed E-state index contributed by atoms with van der Waals surface area (Å²) in [6, 6.07) is 5.08. The first-order valence-electron chi connectivity index (χ1n) is 10.8. The van der Waals surface area contributed by atoms with Gasteiger partial charge in [-0.2, -0.15) is 36.2 Å². The number of amides is 3. The molecule has 0 saturated heterocycles. The van der Waals surface area contributed by atoms with E-state index in [2.05, 4.69) is 28.6 Å². The Hall–Kier alpha value is -1.89. The minimum Gasteiger partial charge on any atom is -0.480 e. The highest BCUT2D eigenvalue weighted by molar-refractivity contribution is 7.98. The molecule has 12 heteroatoms. The molecule has 1 aromatic rings. The molecule has 4 unspecified atom stereocenters. The van der Waals surface area contributed by atoms with E-state index in [1.165, 1.54) is 11.8 Å². The van der Waals surface area contributed by atoms with E-state index < -0.39 is 47.9 Å². The second-order valence-corrected chi connectivity index (χ2v) is 9.90. The molecule has 0 saturated carbocycles. The Morgan fingerprint density at radius 1 is 0.882 bits per heavy atom. The van der Waals surface area contributed by atoms with Gasteiger partial charge in [0.15, 0.2) is 0 Å². The summed E-state index contributed by atoms with van der Waals surface area (Å²) >= 11 is 7.20. The summed E-state index contributed by atoms with van der Waals surface area (Å²) in [7, 11) is 0. The molecule has 4 atom stereocenters. The van der Waals surface area contributed by atoms with E-state index in [0.29, 0.717) is 17.9 Å². The van der Waals surface area contributed by atoms with E-state index in [9.17, 15) is 24.3 Å². The van der Waals surface area contributed by atoms with E-state index in [0.717, 1.165) is 5.56 Å². The van der Waals surface area contributed by atoms with Crippen LogP contribution in [0, 0.1) is 0 Å². The molecule has 0 bridgehead atoms. The van der Waals surface area contributed by atoms with Crippen molar-refractivity contribution in [2.45, 2.75) is 43.4 Å². The third kappa shape index (κ3) is 11.0. The molecule has 190 valence electrons. The van der Waals surface area contributed by atoms with Crippen molar-refractivity contribution in [3.05, 3.63) is 35.9 Å². The number of rotatable bonds is 16. The van der Waals surface area contributed by atoms with Gasteiger partial charge in [-0.1, -0.05) is 30.3 Å². The molecule has 1 rings (SSSR count). The number of thiol groups is 1. The lowest BCUT2D eigenvalue weighted by Crippen LogP contribution is -2.58. The van der Waals surface area contributed by atoms with Gasteiger partial charge in [0.25, 0.3) is 0 Å². The number of nitrogens with one attached hydrogen (secondary N) is 3. The van der Waals surface area contributed by atoms with Gasteiger partial charge in [-0.3, -0.25) is 14.4 Å². The van der Waals surface area contributed by atoms with Crippen LogP contribution in [0.1, 0.15) is 18.4 Å². The maximum atomic E-state index is 12.9. The van der Waals surface area contributed by atoms with Crippen molar-refractivity contribution in [1.29, 1.82) is 0 Å². The fraction of sp³-hybridized carbons (Fsp3) is 0.545. The molecular weight excluding hydrogens is 496 g/mol. The maximum Gasteiger partial charge on any atom is 0.326 e. The van der Waals surface area contributed by atoms with E-state index in [1.54, 1.807) is 36.0 Å². The second-order valence-electron chi connectivity index (χ2n) is 7.56. The molecular formula is C22H34N4O5S3. The van der Waals surface area contributed by atoms with Crippen LogP contribution in [0.2, 0.25) is 0 Å². The van der Waals surface area contributed by atoms with Crippen LogP contribution in [0.4, 0.5) is 0 Å². The average Bonchev–Trinajstić information content (AvgIpc) is 2.83. The number of nitrogens with two attached hydrogens (primary N) is 1. The van der Waals surface area contributed by atoms with Crippen LogP contribution in [-0.4, -0.2) is 82.7 Å². The molecule has 0 radical (unpaired) electrons. The number of hydrogen-bond donors (Lipinski definition) is 6. The first-order valence-corrected chi connectivity index (χ1v) is 14.2. The lowest BCUT2D eigenvalue weighted by molar-refractivity contribution is -0.142. The fourth-order valence-electron chi connectivity index (χ4n) is 2.95. The molecule has 34 heavy (non-hydrogen) atoms. The minimum atomic E-state index is -1.17. The van der Waals surface area contributed by atoms with Crippen LogP contribution >= 0.6 is 36.2 Å². The number of hydrogen-bond acceptors (Lipinski definition) is 8. The Kier molecular flexibility index (Phi) is 14.8. The van der Waals surface area contributed by atoms with Gasteiger partial charge >= 0.3 is 5.97 Å². The number of aliphatic carboxylic acids is 1. The van der Waals surface area contributed by atoms with Crippen LogP contribution in [0.5, 0.6) is 0 Å². The molecule has 0 fully saturated rings. The summed E-state index contributed by atoms with van der Waals surface area (Å²) in [5.74, 6) is -1.56. The Bertz CT molecular complexity index is 800. The van der Waals surface area contributed by atoms with Gasteiger partial charge in [-0.25, -0.2) is 4.79 Å². The summed E-state index contributed by atoms with van der Waals surface area (Å²) < 4.78 is 0. The number of carbonyl (C=O) groups excluding carboxylic acids is 3. The third-order valence-corrected chi connectivity index (χ3v) is 6.58. The van der Waals surface area contributed by atoms with Crippen molar-refractivity contribution in [2.24, 2.45) is 5.73 Å². The zero-order valence-electron chi connectivity index (χ0n) is 19.4. The van der Waals surface area contributed by atoms with Crippen LogP contribution in [-0.2, 0) is 25.6 Å². The number of carbonyl (C=O) groups is 4. The third-order valence-electron chi connectivity index (χ3n) is 4.93. The van der Waals surface area contributed by atoms with Gasteiger partial charge in [0.1, 0.15) is 18.1 Å². The molecule has 0 heterocycles. The number of carboxylic acid groups (broad SMARTS) is 1. The topological polar surface area (TPSA) is 151 Å². The summed E-state index contributed by atoms with van der Waals surface area (Å²) in [5, 5.41) is 17.3. The van der Waals surface area contributed by atoms with E-state index in [4.69, 9.17) is 5.73 Å². The Labute approximate surface area is 214 Å². The summed E-state index contributed by atoms with van der Waals surface area (Å²) in [4.78, 5) is 49.8. The summed E-state index contributed by atoms with van der Waals surface area (Å²) in [6.07, 6.45) is 4.62. The van der Waals surface area contributed by atoms with Crippen molar-refractivity contribution in [1.82, 2.24) is 16.0 Å². The zero-order chi connectivity index (χ0) is 25.5.